The molecule has 176 valence electrons. The maximum atomic E-state index is 12.1. The largest absolute Gasteiger partial charge is 0.497 e. The molecule has 0 aliphatic carbocycles. The summed E-state index contributed by atoms with van der Waals surface area (Å²) >= 11 is 0. The summed E-state index contributed by atoms with van der Waals surface area (Å²) in [6.45, 7) is 11.0. The Kier molecular flexibility index (Phi) is 6.98. The van der Waals surface area contributed by atoms with Crippen molar-refractivity contribution in [2.24, 2.45) is 0 Å². The number of nitrogens with zero attached hydrogens (tertiary/aromatic N) is 4. The molecule has 1 atom stereocenters. The fourth-order valence-electron chi connectivity index (χ4n) is 4.79. The van der Waals surface area contributed by atoms with Crippen LogP contribution in [0.5, 0.6) is 5.75 Å². The summed E-state index contributed by atoms with van der Waals surface area (Å²) in [6, 6.07) is 10.6. The van der Waals surface area contributed by atoms with Crippen LogP contribution in [0, 0.1) is 13.8 Å². The van der Waals surface area contributed by atoms with Crippen LogP contribution in [0.3, 0.4) is 0 Å². The first kappa shape index (κ1) is 23.2. The van der Waals surface area contributed by atoms with Crippen molar-refractivity contribution < 1.29 is 9.53 Å². The highest BCUT2D eigenvalue weighted by molar-refractivity contribution is 5.76. The molecule has 1 saturated heterocycles. The van der Waals surface area contributed by atoms with Gasteiger partial charge in [-0.25, -0.2) is 9.50 Å². The van der Waals surface area contributed by atoms with Crippen LogP contribution in [0.4, 0.5) is 0 Å². The quantitative estimate of drug-likeness (QED) is 0.566. The van der Waals surface area contributed by atoms with E-state index in [1.807, 2.05) is 37.4 Å². The van der Waals surface area contributed by atoms with Gasteiger partial charge in [0.1, 0.15) is 5.75 Å². The molecule has 0 unspecified atom stereocenters. The maximum Gasteiger partial charge on any atom is 0.220 e. The molecule has 7 nitrogen and oxygen atoms in total. The van der Waals surface area contributed by atoms with Gasteiger partial charge in [-0.15, -0.1) is 0 Å². The second kappa shape index (κ2) is 9.91. The standard InChI is InChI=1S/C26H35N5O2/c1-17(2)27-26(32)10-9-23-18(3)28-25-14-24(29-31(25)19(23)4)21-11-12-30(16-21)15-20-7-6-8-22(13-20)33-5/h6-8,13-14,17,21H,9-12,15-16H2,1-5H3,(H,27,32)/t21-/m0/s1. The Morgan fingerprint density at radius 3 is 2.85 bits per heavy atom. The topological polar surface area (TPSA) is 71.8 Å². The highest BCUT2D eigenvalue weighted by Crippen LogP contribution is 2.29. The van der Waals surface area contributed by atoms with Crippen LogP contribution in [0.2, 0.25) is 0 Å². The van der Waals surface area contributed by atoms with E-state index < -0.39 is 0 Å². The van der Waals surface area contributed by atoms with Gasteiger partial charge < -0.3 is 10.1 Å². The number of amides is 1. The molecule has 1 N–H and O–H groups in total. The van der Waals surface area contributed by atoms with Crippen molar-refractivity contribution in [3.8, 4) is 5.75 Å². The summed E-state index contributed by atoms with van der Waals surface area (Å²) in [6.07, 6.45) is 2.23. The molecule has 0 bridgehead atoms. The lowest BCUT2D eigenvalue weighted by Gasteiger charge is -2.16. The number of carbonyl (C=O) groups is 1. The zero-order chi connectivity index (χ0) is 23.5. The van der Waals surface area contributed by atoms with Crippen molar-refractivity contribution in [3.05, 3.63) is 58.5 Å². The molecule has 4 rings (SSSR count). The zero-order valence-electron chi connectivity index (χ0n) is 20.4. The number of benzene rings is 1. The minimum absolute atomic E-state index is 0.0761. The Morgan fingerprint density at radius 1 is 1.27 bits per heavy atom. The average molecular weight is 450 g/mol. The molecule has 2 aromatic heterocycles. The van der Waals surface area contributed by atoms with Crippen LogP contribution in [0.25, 0.3) is 5.65 Å². The molecule has 1 aliphatic rings. The highest BCUT2D eigenvalue weighted by atomic mass is 16.5. The molecule has 1 fully saturated rings. The lowest BCUT2D eigenvalue weighted by molar-refractivity contribution is -0.121. The number of rotatable bonds is 8. The fourth-order valence-corrected chi connectivity index (χ4v) is 4.79. The first-order valence-corrected chi connectivity index (χ1v) is 11.8. The van der Waals surface area contributed by atoms with E-state index in [1.54, 1.807) is 7.11 Å². The zero-order valence-corrected chi connectivity index (χ0v) is 20.4. The molecule has 1 aliphatic heterocycles. The lowest BCUT2D eigenvalue weighted by Crippen LogP contribution is -2.30. The third-order valence-electron chi connectivity index (χ3n) is 6.47. The van der Waals surface area contributed by atoms with Gasteiger partial charge in [0.15, 0.2) is 5.65 Å². The van der Waals surface area contributed by atoms with E-state index >= 15 is 0 Å². The van der Waals surface area contributed by atoms with E-state index in [-0.39, 0.29) is 11.9 Å². The monoisotopic (exact) mass is 449 g/mol. The number of fused-ring (bicyclic) bond motifs is 1. The van der Waals surface area contributed by atoms with Crippen molar-refractivity contribution in [1.29, 1.82) is 0 Å². The predicted octanol–water partition coefficient (Wildman–Crippen LogP) is 3.80. The minimum Gasteiger partial charge on any atom is -0.497 e. The van der Waals surface area contributed by atoms with Gasteiger partial charge in [-0.05, 0) is 70.3 Å². The number of hydrogen-bond acceptors (Lipinski definition) is 5. The molecule has 3 aromatic rings. The van der Waals surface area contributed by atoms with Crippen LogP contribution in [0.15, 0.2) is 30.3 Å². The van der Waals surface area contributed by atoms with Gasteiger partial charge >= 0.3 is 0 Å². The molecular formula is C26H35N5O2. The smallest absolute Gasteiger partial charge is 0.220 e. The predicted molar refractivity (Wildman–Crippen MR) is 130 cm³/mol. The fraction of sp³-hybridized carbons (Fsp3) is 0.500. The summed E-state index contributed by atoms with van der Waals surface area (Å²) < 4.78 is 7.32. The van der Waals surface area contributed by atoms with E-state index in [1.165, 1.54) is 5.56 Å². The molecule has 1 amide bonds. The van der Waals surface area contributed by atoms with Crippen molar-refractivity contribution in [2.75, 3.05) is 20.2 Å². The Bertz CT molecular complexity index is 1140. The van der Waals surface area contributed by atoms with Crippen molar-refractivity contribution in [1.82, 2.24) is 24.8 Å². The molecule has 7 heteroatoms. The Balaban J connectivity index is 1.46. The highest BCUT2D eigenvalue weighted by Gasteiger charge is 2.27. The Labute approximate surface area is 196 Å². The number of ether oxygens (including phenoxy) is 1. The van der Waals surface area contributed by atoms with Crippen LogP contribution < -0.4 is 10.1 Å². The number of aryl methyl sites for hydroxylation is 2. The summed E-state index contributed by atoms with van der Waals surface area (Å²) in [5.41, 5.74) is 6.43. The average Bonchev–Trinajstić information content (AvgIpc) is 3.40. The number of methoxy groups -OCH3 is 1. The normalized spacial score (nSPS) is 16.6. The van der Waals surface area contributed by atoms with Crippen LogP contribution in [-0.2, 0) is 17.8 Å². The van der Waals surface area contributed by atoms with Gasteiger partial charge in [0.05, 0.1) is 12.8 Å². The molecule has 0 radical (unpaired) electrons. The maximum absolute atomic E-state index is 12.1. The molecule has 1 aromatic carbocycles. The summed E-state index contributed by atoms with van der Waals surface area (Å²) in [7, 11) is 1.71. The molecule has 3 heterocycles. The van der Waals surface area contributed by atoms with Crippen molar-refractivity contribution >= 4 is 11.6 Å². The van der Waals surface area contributed by atoms with Crippen LogP contribution >= 0.6 is 0 Å². The summed E-state index contributed by atoms with van der Waals surface area (Å²) in [4.78, 5) is 19.4. The van der Waals surface area contributed by atoms with Crippen LogP contribution in [-0.4, -0.2) is 51.6 Å². The number of hydrogen-bond donors (Lipinski definition) is 1. The molecule has 0 spiro atoms. The first-order valence-electron chi connectivity index (χ1n) is 11.8. The molecule has 33 heavy (non-hydrogen) atoms. The number of carbonyl (C=O) groups excluding carboxylic acids is 1. The van der Waals surface area contributed by atoms with E-state index in [0.29, 0.717) is 18.8 Å². The Morgan fingerprint density at radius 2 is 2.09 bits per heavy atom. The van der Waals surface area contributed by atoms with Gasteiger partial charge in [0.2, 0.25) is 5.91 Å². The second-order valence-electron chi connectivity index (χ2n) is 9.39. The minimum atomic E-state index is 0.0761. The number of nitrogens with one attached hydrogen (secondary N) is 1. The third kappa shape index (κ3) is 5.36. The summed E-state index contributed by atoms with van der Waals surface area (Å²) in [5, 5.41) is 7.91. The van der Waals surface area contributed by atoms with Crippen molar-refractivity contribution in [3.63, 3.8) is 0 Å². The number of likely N-dealkylation sites (tertiary alicyclic amines) is 1. The Hall–Kier alpha value is -2.93. The van der Waals surface area contributed by atoms with E-state index in [2.05, 4.69) is 35.3 Å². The SMILES string of the molecule is COc1cccc(CN2CC[C@H](c3cc4nc(C)c(CCC(=O)NC(C)C)c(C)n4n3)C2)c1. The second-order valence-corrected chi connectivity index (χ2v) is 9.39. The van der Waals surface area contributed by atoms with Gasteiger partial charge in [0.25, 0.3) is 0 Å². The van der Waals surface area contributed by atoms with E-state index in [0.717, 1.165) is 60.1 Å². The van der Waals surface area contributed by atoms with Gasteiger partial charge in [-0.1, -0.05) is 12.1 Å². The first-order chi connectivity index (χ1) is 15.8. The number of aromatic nitrogens is 3. The van der Waals surface area contributed by atoms with E-state index in [9.17, 15) is 4.79 Å². The summed E-state index contributed by atoms with van der Waals surface area (Å²) in [5.74, 6) is 1.38. The van der Waals surface area contributed by atoms with Gasteiger partial charge in [-0.2, -0.15) is 5.10 Å². The van der Waals surface area contributed by atoms with Gasteiger partial charge in [-0.3, -0.25) is 9.69 Å². The van der Waals surface area contributed by atoms with Gasteiger partial charge in [0, 0.05) is 48.9 Å². The molecule has 0 saturated carbocycles. The van der Waals surface area contributed by atoms with Crippen molar-refractivity contribution in [2.45, 2.75) is 65.5 Å². The third-order valence-corrected chi connectivity index (χ3v) is 6.47. The lowest BCUT2D eigenvalue weighted by atomic mass is 10.1. The van der Waals surface area contributed by atoms with Crippen LogP contribution in [0.1, 0.15) is 60.8 Å². The van der Waals surface area contributed by atoms with E-state index in [4.69, 9.17) is 14.8 Å². The molecular weight excluding hydrogens is 414 g/mol.